The molecule has 1 amide bonds. The number of carbonyl (C=O) groups is 2. The number of nitrogens with one attached hydrogen (secondary N) is 3. The molecule has 0 spiro atoms. The maximum atomic E-state index is 11.6. The van der Waals surface area contributed by atoms with Gasteiger partial charge in [0.25, 0.3) is 0 Å². The second-order valence-corrected chi connectivity index (χ2v) is 6.06. The number of carboxylic acids is 1. The zero-order valence-corrected chi connectivity index (χ0v) is 13.6. The van der Waals surface area contributed by atoms with Gasteiger partial charge in [-0.15, -0.1) is 0 Å². The van der Waals surface area contributed by atoms with Crippen LogP contribution in [0.5, 0.6) is 0 Å². The summed E-state index contributed by atoms with van der Waals surface area (Å²) in [5, 5.41) is 38.8. The molecule has 2 aliphatic heterocycles. The van der Waals surface area contributed by atoms with Gasteiger partial charge in [-0.25, -0.2) is 9.59 Å². The summed E-state index contributed by atoms with van der Waals surface area (Å²) in [6.07, 6.45) is -2.34. The van der Waals surface area contributed by atoms with Gasteiger partial charge in [0, 0.05) is 52.4 Å². The molecule has 138 valence electrons. The Morgan fingerprint density at radius 2 is 1.38 bits per heavy atom. The van der Waals surface area contributed by atoms with Crippen LogP contribution in [0.4, 0.5) is 4.79 Å². The monoisotopic (exact) mass is 345 g/mol. The van der Waals surface area contributed by atoms with Gasteiger partial charge in [-0.1, -0.05) is 0 Å². The highest BCUT2D eigenvalue weighted by molar-refractivity contribution is 5.81. The molecule has 10 nitrogen and oxygen atoms in total. The first-order chi connectivity index (χ1) is 11.5. The predicted octanol–water partition coefficient (Wildman–Crippen LogP) is -2.75. The van der Waals surface area contributed by atoms with Gasteiger partial charge in [-0.3, -0.25) is 9.80 Å². The Morgan fingerprint density at radius 3 is 1.83 bits per heavy atom. The standard InChI is InChI=1S/C14H27N5O5/c20-10-9-19(14(23)24)12(13(21)22)11(10)18-7-5-16-3-1-15-2-4-17-6-8-18/h10-12,15-17,20H,1-9H2,(H,21,22)(H,23,24)/t10-,11+,12+/m0/s1. The Hall–Kier alpha value is -1.46. The summed E-state index contributed by atoms with van der Waals surface area (Å²) in [6, 6.07) is -2.00. The molecule has 0 saturated carbocycles. The summed E-state index contributed by atoms with van der Waals surface area (Å²) in [5.41, 5.74) is 0. The molecule has 0 aromatic carbocycles. The van der Waals surface area contributed by atoms with E-state index in [0.717, 1.165) is 31.1 Å². The highest BCUT2D eigenvalue weighted by atomic mass is 16.4. The molecule has 0 unspecified atom stereocenters. The van der Waals surface area contributed by atoms with Crippen LogP contribution in [0.25, 0.3) is 0 Å². The van der Waals surface area contributed by atoms with Gasteiger partial charge in [0.05, 0.1) is 18.7 Å². The van der Waals surface area contributed by atoms with E-state index in [1.54, 1.807) is 0 Å². The summed E-state index contributed by atoms with van der Waals surface area (Å²) in [4.78, 5) is 25.6. The first-order valence-electron chi connectivity index (χ1n) is 8.29. The number of amides is 1. The quantitative estimate of drug-likeness (QED) is 0.314. The van der Waals surface area contributed by atoms with Crippen molar-refractivity contribution in [2.45, 2.75) is 18.2 Å². The summed E-state index contributed by atoms with van der Waals surface area (Å²) in [6.45, 7) is 5.47. The fourth-order valence-electron chi connectivity index (χ4n) is 3.32. The Labute approximate surface area is 140 Å². The van der Waals surface area contributed by atoms with Gasteiger partial charge < -0.3 is 31.3 Å². The molecule has 2 rings (SSSR count). The predicted molar refractivity (Wildman–Crippen MR) is 86.1 cm³/mol. The van der Waals surface area contributed by atoms with Crippen molar-refractivity contribution in [1.82, 2.24) is 25.8 Å². The summed E-state index contributed by atoms with van der Waals surface area (Å²) < 4.78 is 0. The van der Waals surface area contributed by atoms with Crippen molar-refractivity contribution in [3.05, 3.63) is 0 Å². The van der Waals surface area contributed by atoms with E-state index in [1.165, 1.54) is 0 Å². The molecular weight excluding hydrogens is 318 g/mol. The highest BCUT2D eigenvalue weighted by Gasteiger charge is 2.50. The van der Waals surface area contributed by atoms with Crippen LogP contribution in [0.15, 0.2) is 0 Å². The number of nitrogens with zero attached hydrogens (tertiary/aromatic N) is 2. The zero-order chi connectivity index (χ0) is 17.5. The van der Waals surface area contributed by atoms with Gasteiger partial charge in [0.15, 0.2) is 6.04 Å². The number of hydrogen-bond acceptors (Lipinski definition) is 7. The van der Waals surface area contributed by atoms with Gasteiger partial charge in [-0.2, -0.15) is 0 Å². The lowest BCUT2D eigenvalue weighted by Gasteiger charge is -2.34. The molecule has 2 aliphatic rings. The lowest BCUT2D eigenvalue weighted by molar-refractivity contribution is -0.143. The molecule has 0 aliphatic carbocycles. The fourth-order valence-corrected chi connectivity index (χ4v) is 3.32. The van der Waals surface area contributed by atoms with Gasteiger partial charge in [0.1, 0.15) is 0 Å². The third kappa shape index (κ3) is 4.77. The summed E-state index contributed by atoms with van der Waals surface area (Å²) in [5.74, 6) is -1.23. The molecule has 2 heterocycles. The maximum Gasteiger partial charge on any atom is 0.408 e. The molecule has 3 atom stereocenters. The number of aliphatic carboxylic acids is 1. The Morgan fingerprint density at radius 1 is 0.875 bits per heavy atom. The average molecular weight is 345 g/mol. The molecule has 24 heavy (non-hydrogen) atoms. The van der Waals surface area contributed by atoms with E-state index in [0.29, 0.717) is 26.2 Å². The van der Waals surface area contributed by atoms with Crippen molar-refractivity contribution in [3.63, 3.8) is 0 Å². The number of aliphatic hydroxyl groups is 1. The Kier molecular flexibility index (Phi) is 7.18. The first kappa shape index (κ1) is 18.9. The zero-order valence-electron chi connectivity index (χ0n) is 13.6. The molecule has 6 N–H and O–H groups in total. The summed E-state index contributed by atoms with van der Waals surface area (Å²) in [7, 11) is 0. The highest BCUT2D eigenvalue weighted by Crippen LogP contribution is 2.24. The van der Waals surface area contributed by atoms with Crippen LogP contribution in [-0.2, 0) is 4.79 Å². The number of rotatable bonds is 2. The van der Waals surface area contributed by atoms with Crippen LogP contribution >= 0.6 is 0 Å². The van der Waals surface area contributed by atoms with Crippen LogP contribution in [0.1, 0.15) is 0 Å². The minimum Gasteiger partial charge on any atom is -0.480 e. The molecule has 0 bridgehead atoms. The average Bonchev–Trinajstić information content (AvgIpc) is 2.86. The maximum absolute atomic E-state index is 11.6. The van der Waals surface area contributed by atoms with Crippen molar-refractivity contribution >= 4 is 12.1 Å². The third-order valence-corrected chi connectivity index (χ3v) is 4.47. The number of β-amino-alcohol motifs (C(OH)–C–C–N with tert-alkyl or cyclic N) is 1. The Bertz CT molecular complexity index is 426. The fraction of sp³-hybridized carbons (Fsp3) is 0.857. The molecule has 0 aromatic rings. The number of carboxylic acid groups (broad SMARTS) is 2. The molecular formula is C14H27N5O5. The third-order valence-electron chi connectivity index (χ3n) is 4.47. The van der Waals surface area contributed by atoms with Crippen molar-refractivity contribution in [3.8, 4) is 0 Å². The topological polar surface area (TPSA) is 137 Å². The molecule has 2 saturated heterocycles. The normalized spacial score (nSPS) is 31.2. The van der Waals surface area contributed by atoms with Gasteiger partial charge in [0.2, 0.25) is 0 Å². The molecule has 10 heteroatoms. The van der Waals surface area contributed by atoms with E-state index in [4.69, 9.17) is 0 Å². The van der Waals surface area contributed by atoms with E-state index in [-0.39, 0.29) is 6.54 Å². The largest absolute Gasteiger partial charge is 0.480 e. The minimum atomic E-state index is -1.32. The molecule has 0 radical (unpaired) electrons. The van der Waals surface area contributed by atoms with Crippen molar-refractivity contribution in [2.24, 2.45) is 0 Å². The smallest absolute Gasteiger partial charge is 0.408 e. The van der Waals surface area contributed by atoms with Crippen molar-refractivity contribution in [1.29, 1.82) is 0 Å². The van der Waals surface area contributed by atoms with Crippen LogP contribution < -0.4 is 16.0 Å². The van der Waals surface area contributed by atoms with E-state index in [1.807, 2.05) is 4.90 Å². The van der Waals surface area contributed by atoms with E-state index >= 15 is 0 Å². The lowest BCUT2D eigenvalue weighted by Crippen LogP contribution is -2.56. The van der Waals surface area contributed by atoms with Crippen LogP contribution in [0.2, 0.25) is 0 Å². The van der Waals surface area contributed by atoms with Gasteiger partial charge in [-0.05, 0) is 0 Å². The van der Waals surface area contributed by atoms with Crippen molar-refractivity contribution in [2.75, 3.05) is 58.9 Å². The van der Waals surface area contributed by atoms with Crippen LogP contribution in [-0.4, -0.2) is 114 Å². The minimum absolute atomic E-state index is 0.182. The van der Waals surface area contributed by atoms with E-state index in [2.05, 4.69) is 16.0 Å². The van der Waals surface area contributed by atoms with Crippen molar-refractivity contribution < 1.29 is 24.9 Å². The molecule has 2 fully saturated rings. The van der Waals surface area contributed by atoms with E-state index in [9.17, 15) is 24.9 Å². The first-order valence-corrected chi connectivity index (χ1v) is 8.29. The summed E-state index contributed by atoms with van der Waals surface area (Å²) >= 11 is 0. The second-order valence-electron chi connectivity index (χ2n) is 6.06. The lowest BCUT2D eigenvalue weighted by atomic mass is 10.0. The number of aliphatic hydroxyl groups excluding tert-OH is 1. The second kappa shape index (κ2) is 9.14. The SMILES string of the molecule is O=C(O)[C@H]1[C@H](N2CCNCCNCCNCC2)[C@@H](O)CN1C(=O)O. The molecule has 0 aromatic heterocycles. The number of likely N-dealkylation sites (tertiary alicyclic amines) is 1. The Balaban J connectivity index is 2.10. The van der Waals surface area contributed by atoms with Crippen LogP contribution in [0, 0.1) is 0 Å². The van der Waals surface area contributed by atoms with Crippen LogP contribution in [0.3, 0.4) is 0 Å². The van der Waals surface area contributed by atoms with E-state index < -0.39 is 30.3 Å². The van der Waals surface area contributed by atoms with Gasteiger partial charge >= 0.3 is 12.1 Å². The number of hydrogen-bond donors (Lipinski definition) is 6.